The standard InChI is InChI=1S/C17H20FNO/c1-2-14-8-10-15(11-9-14)19-16(20)17(18)12-6-4-3-5-7-13-17/h8-11H,2-6,12H2,1H3,(H,19,20). The minimum absolute atomic E-state index is 0.179. The number of rotatable bonds is 3. The van der Waals surface area contributed by atoms with E-state index in [0.717, 1.165) is 19.3 Å². The molecule has 0 spiro atoms. The largest absolute Gasteiger partial charge is 0.322 e. The van der Waals surface area contributed by atoms with Crippen LogP contribution in [0, 0.1) is 11.8 Å². The summed E-state index contributed by atoms with van der Waals surface area (Å²) in [6, 6.07) is 7.47. The molecule has 1 amide bonds. The third-order valence-electron chi connectivity index (χ3n) is 3.59. The monoisotopic (exact) mass is 273 g/mol. The van der Waals surface area contributed by atoms with E-state index in [9.17, 15) is 9.18 Å². The van der Waals surface area contributed by atoms with Gasteiger partial charge in [-0.1, -0.05) is 37.3 Å². The molecule has 0 aromatic heterocycles. The van der Waals surface area contributed by atoms with E-state index < -0.39 is 11.6 Å². The van der Waals surface area contributed by atoms with Crippen molar-refractivity contribution in [2.75, 3.05) is 5.32 Å². The molecular formula is C17H20FNO. The fourth-order valence-electron chi connectivity index (χ4n) is 2.25. The summed E-state index contributed by atoms with van der Waals surface area (Å²) < 4.78 is 14.7. The van der Waals surface area contributed by atoms with Crippen LogP contribution < -0.4 is 5.32 Å². The molecule has 2 rings (SSSR count). The zero-order chi connectivity index (χ0) is 14.4. The maximum absolute atomic E-state index is 14.7. The second kappa shape index (κ2) is 6.56. The van der Waals surface area contributed by atoms with Crippen LogP contribution in [-0.4, -0.2) is 11.6 Å². The number of hydrogen-bond acceptors (Lipinski definition) is 1. The van der Waals surface area contributed by atoms with E-state index in [-0.39, 0.29) is 6.42 Å². The molecule has 0 aliphatic heterocycles. The number of carbonyl (C=O) groups is 1. The first kappa shape index (κ1) is 14.6. The Balaban J connectivity index is 2.08. The minimum atomic E-state index is -2.05. The van der Waals surface area contributed by atoms with Crippen molar-refractivity contribution in [1.29, 1.82) is 0 Å². The molecule has 1 unspecified atom stereocenters. The van der Waals surface area contributed by atoms with Crippen LogP contribution in [0.25, 0.3) is 0 Å². The Labute approximate surface area is 119 Å². The van der Waals surface area contributed by atoms with E-state index in [0.29, 0.717) is 18.5 Å². The summed E-state index contributed by atoms with van der Waals surface area (Å²) in [5.74, 6) is 4.65. The fraction of sp³-hybridized carbons (Fsp3) is 0.471. The average molecular weight is 273 g/mol. The van der Waals surface area contributed by atoms with Crippen LogP contribution in [0.5, 0.6) is 0 Å². The van der Waals surface area contributed by atoms with Crippen molar-refractivity contribution in [2.24, 2.45) is 0 Å². The lowest BCUT2D eigenvalue weighted by Gasteiger charge is -2.20. The molecule has 0 saturated heterocycles. The molecule has 20 heavy (non-hydrogen) atoms. The van der Waals surface area contributed by atoms with Gasteiger partial charge < -0.3 is 5.32 Å². The van der Waals surface area contributed by atoms with E-state index in [2.05, 4.69) is 24.1 Å². The molecule has 0 saturated carbocycles. The number of carbonyl (C=O) groups excluding carboxylic acids is 1. The molecule has 2 nitrogen and oxygen atoms in total. The summed E-state index contributed by atoms with van der Waals surface area (Å²) in [7, 11) is 0. The molecule has 0 radical (unpaired) electrons. The van der Waals surface area contributed by atoms with Crippen LogP contribution in [0.2, 0.25) is 0 Å². The van der Waals surface area contributed by atoms with E-state index in [4.69, 9.17) is 0 Å². The predicted octanol–water partition coefficient (Wildman–Crippen LogP) is 3.86. The third-order valence-corrected chi connectivity index (χ3v) is 3.59. The van der Waals surface area contributed by atoms with Gasteiger partial charge in [0.05, 0.1) is 0 Å². The Kier molecular flexibility index (Phi) is 4.79. The number of benzene rings is 1. The molecule has 1 aliphatic carbocycles. The van der Waals surface area contributed by atoms with Gasteiger partial charge in [-0.05, 0) is 37.0 Å². The molecule has 0 heterocycles. The Hall–Kier alpha value is -1.82. The smallest absolute Gasteiger partial charge is 0.274 e. The minimum Gasteiger partial charge on any atom is -0.322 e. The van der Waals surface area contributed by atoms with E-state index in [1.54, 1.807) is 12.1 Å². The average Bonchev–Trinajstić information content (AvgIpc) is 2.44. The maximum atomic E-state index is 14.7. The lowest BCUT2D eigenvalue weighted by atomic mass is 9.94. The number of anilines is 1. The number of alkyl halides is 1. The van der Waals surface area contributed by atoms with Crippen LogP contribution in [0.15, 0.2) is 24.3 Å². The van der Waals surface area contributed by atoms with Gasteiger partial charge in [-0.25, -0.2) is 4.39 Å². The third kappa shape index (κ3) is 3.60. The second-order valence-corrected chi connectivity index (χ2v) is 5.17. The second-order valence-electron chi connectivity index (χ2n) is 5.17. The van der Waals surface area contributed by atoms with Crippen molar-refractivity contribution in [3.8, 4) is 11.8 Å². The predicted molar refractivity (Wildman–Crippen MR) is 79.1 cm³/mol. The van der Waals surface area contributed by atoms with Crippen molar-refractivity contribution in [2.45, 2.75) is 51.1 Å². The highest BCUT2D eigenvalue weighted by Crippen LogP contribution is 2.24. The molecule has 1 atom stereocenters. The van der Waals surface area contributed by atoms with Gasteiger partial charge in [-0.2, -0.15) is 0 Å². The van der Waals surface area contributed by atoms with E-state index >= 15 is 0 Å². The van der Waals surface area contributed by atoms with Gasteiger partial charge in [0, 0.05) is 18.5 Å². The molecule has 0 bridgehead atoms. The zero-order valence-corrected chi connectivity index (χ0v) is 11.8. The first-order valence-electron chi connectivity index (χ1n) is 7.23. The normalized spacial score (nSPS) is 22.1. The SMILES string of the molecule is CCc1ccc(NC(=O)C2(F)C#CCCCCC2)cc1. The molecule has 1 aromatic carbocycles. The number of halogens is 1. The highest BCUT2D eigenvalue weighted by atomic mass is 19.1. The maximum Gasteiger partial charge on any atom is 0.274 e. The van der Waals surface area contributed by atoms with Crippen LogP contribution in [-0.2, 0) is 11.2 Å². The molecule has 0 fully saturated rings. The van der Waals surface area contributed by atoms with Crippen LogP contribution in [0.3, 0.4) is 0 Å². The lowest BCUT2D eigenvalue weighted by molar-refractivity contribution is -0.124. The van der Waals surface area contributed by atoms with Gasteiger partial charge in [0.15, 0.2) is 0 Å². The van der Waals surface area contributed by atoms with Crippen molar-refractivity contribution in [1.82, 2.24) is 0 Å². The fourth-order valence-corrected chi connectivity index (χ4v) is 2.25. The van der Waals surface area contributed by atoms with Crippen LogP contribution >= 0.6 is 0 Å². The number of amides is 1. The van der Waals surface area contributed by atoms with Gasteiger partial charge in [0.2, 0.25) is 5.67 Å². The Morgan fingerprint density at radius 3 is 2.75 bits per heavy atom. The van der Waals surface area contributed by atoms with Gasteiger partial charge in [-0.3, -0.25) is 4.79 Å². The topological polar surface area (TPSA) is 29.1 Å². The summed E-state index contributed by atoms with van der Waals surface area (Å²) in [5, 5.41) is 2.64. The van der Waals surface area contributed by atoms with Crippen molar-refractivity contribution in [3.63, 3.8) is 0 Å². The van der Waals surface area contributed by atoms with Gasteiger partial charge in [0.25, 0.3) is 5.91 Å². The van der Waals surface area contributed by atoms with Crippen molar-refractivity contribution >= 4 is 11.6 Å². The Morgan fingerprint density at radius 1 is 1.30 bits per heavy atom. The molecule has 1 aromatic rings. The molecule has 106 valence electrons. The lowest BCUT2D eigenvalue weighted by Crippen LogP contribution is -2.37. The van der Waals surface area contributed by atoms with E-state index in [1.807, 2.05) is 12.1 Å². The summed E-state index contributed by atoms with van der Waals surface area (Å²) in [6.45, 7) is 2.06. The number of aryl methyl sites for hydroxylation is 1. The van der Waals surface area contributed by atoms with Crippen molar-refractivity contribution < 1.29 is 9.18 Å². The molecular weight excluding hydrogens is 253 g/mol. The van der Waals surface area contributed by atoms with Gasteiger partial charge >= 0.3 is 0 Å². The van der Waals surface area contributed by atoms with Gasteiger partial charge in [0.1, 0.15) is 0 Å². The first-order chi connectivity index (χ1) is 9.64. The highest BCUT2D eigenvalue weighted by Gasteiger charge is 2.36. The quantitative estimate of drug-likeness (QED) is 0.832. The van der Waals surface area contributed by atoms with Crippen LogP contribution in [0.1, 0.15) is 44.6 Å². The first-order valence-corrected chi connectivity index (χ1v) is 7.23. The molecule has 1 aliphatic rings. The zero-order valence-electron chi connectivity index (χ0n) is 11.8. The van der Waals surface area contributed by atoms with Crippen LogP contribution in [0.4, 0.5) is 10.1 Å². The molecule has 3 heteroatoms. The summed E-state index contributed by atoms with van der Waals surface area (Å²) in [6.07, 6.45) is 4.41. The summed E-state index contributed by atoms with van der Waals surface area (Å²) in [4.78, 5) is 12.1. The van der Waals surface area contributed by atoms with Gasteiger partial charge in [-0.15, -0.1) is 0 Å². The summed E-state index contributed by atoms with van der Waals surface area (Å²) >= 11 is 0. The Morgan fingerprint density at radius 2 is 2.05 bits per heavy atom. The Bertz CT molecular complexity index is 526. The number of nitrogens with one attached hydrogen (secondary N) is 1. The summed E-state index contributed by atoms with van der Waals surface area (Å²) in [5.41, 5.74) is -0.249. The van der Waals surface area contributed by atoms with Crippen molar-refractivity contribution in [3.05, 3.63) is 29.8 Å². The highest BCUT2D eigenvalue weighted by molar-refractivity contribution is 5.99. The number of hydrogen-bond donors (Lipinski definition) is 1. The van der Waals surface area contributed by atoms with E-state index in [1.165, 1.54) is 5.56 Å². The molecule has 1 N–H and O–H groups in total.